The predicted molar refractivity (Wildman–Crippen MR) is 276 cm³/mol. The third-order valence-corrected chi connectivity index (χ3v) is 15.6. The number of hydrogen-bond acceptors (Lipinski definition) is 12. The summed E-state index contributed by atoms with van der Waals surface area (Å²) in [5, 5.41) is 8.14. The van der Waals surface area contributed by atoms with Gasteiger partial charge in [0.25, 0.3) is 5.91 Å². The minimum Gasteiger partial charge on any atom is -0.464 e. The van der Waals surface area contributed by atoms with Crippen molar-refractivity contribution in [2.75, 3.05) is 60.5 Å². The Morgan fingerprint density at radius 1 is 1.11 bits per heavy atom. The highest BCUT2D eigenvalue weighted by Crippen LogP contribution is 2.43. The second-order valence-corrected chi connectivity index (χ2v) is 21.8. The normalized spacial score (nSPS) is 21.9. The SMILES string of the molecule is C=CC(=O)N1CCC(C(=O)N(C)[C@H](C(=O)N[C@H]2Cc3nc(cs3)-c3ccc4c(c3)c(c(-c3cc(C5=CCN(C)CC5)cnc3[C@H](C)OC)n4CC)CC(C)(C)COC(=O)[C@@H]3CCCN(N3)C2=O)C(C)C)C1. The summed E-state index contributed by atoms with van der Waals surface area (Å²) in [5.41, 5.74) is 11.7. The second kappa shape index (κ2) is 21.5. The average molecular weight is 990 g/mol. The minimum absolute atomic E-state index is 0.0703. The summed E-state index contributed by atoms with van der Waals surface area (Å²) in [5.74, 6) is -2.64. The monoisotopic (exact) mass is 990 g/mol. The predicted octanol–water partition coefficient (Wildman–Crippen LogP) is 6.44. The molecule has 2 saturated heterocycles. The number of benzene rings is 1. The van der Waals surface area contributed by atoms with Crippen LogP contribution in [0.25, 0.3) is 39.0 Å². The highest BCUT2D eigenvalue weighted by atomic mass is 32.1. The van der Waals surface area contributed by atoms with Gasteiger partial charge in [-0.2, -0.15) is 0 Å². The van der Waals surface area contributed by atoms with Crippen molar-refractivity contribution in [1.29, 1.82) is 0 Å². The Hall–Kier alpha value is -5.75. The van der Waals surface area contributed by atoms with E-state index in [0.717, 1.165) is 69.7 Å². The Balaban J connectivity index is 1.19. The zero-order valence-electron chi connectivity index (χ0n) is 42.9. The van der Waals surface area contributed by atoms with Crippen LogP contribution in [0.1, 0.15) is 95.2 Å². The molecule has 380 valence electrons. The molecule has 4 amide bonds. The molecule has 0 aliphatic carbocycles. The quantitative estimate of drug-likeness (QED) is 0.125. The maximum Gasteiger partial charge on any atom is 0.324 e. The fraction of sp³-hybridized carbons (Fsp3) is 0.537. The number of esters is 1. The molecule has 0 saturated carbocycles. The number of hydrogen-bond donors (Lipinski definition) is 2. The number of fused-ring (bicyclic) bond motifs is 6. The highest BCUT2D eigenvalue weighted by molar-refractivity contribution is 7.10. The van der Waals surface area contributed by atoms with E-state index in [1.165, 1.54) is 32.9 Å². The number of carbonyl (C=O) groups is 5. The minimum atomic E-state index is -1.09. The molecular formula is C54H71N9O7S. The van der Waals surface area contributed by atoms with Crippen LogP contribution in [0.5, 0.6) is 0 Å². The van der Waals surface area contributed by atoms with Crippen LogP contribution in [0.15, 0.2) is 54.6 Å². The lowest BCUT2D eigenvalue weighted by Crippen LogP contribution is -2.62. The van der Waals surface area contributed by atoms with Crippen LogP contribution in [-0.2, 0) is 52.8 Å². The molecule has 71 heavy (non-hydrogen) atoms. The van der Waals surface area contributed by atoms with Gasteiger partial charge in [0, 0.05) is 98.9 Å². The third kappa shape index (κ3) is 10.9. The molecule has 4 aliphatic rings. The maximum atomic E-state index is 14.7. The number of amides is 4. The molecule has 8 rings (SSSR count). The number of ether oxygens (including phenoxy) is 2. The first-order chi connectivity index (χ1) is 33.9. The number of thiazole rings is 1. The van der Waals surface area contributed by atoms with Gasteiger partial charge >= 0.3 is 5.97 Å². The second-order valence-electron chi connectivity index (χ2n) is 20.8. The molecule has 1 aromatic carbocycles. The Morgan fingerprint density at radius 3 is 2.61 bits per heavy atom. The van der Waals surface area contributed by atoms with Gasteiger partial charge in [0.05, 0.1) is 40.7 Å². The Labute approximate surface area is 421 Å². The molecule has 0 radical (unpaired) electrons. The first-order valence-electron chi connectivity index (χ1n) is 25.1. The number of pyridine rings is 1. The molecular weight excluding hydrogens is 919 g/mol. The molecule has 2 fully saturated rings. The van der Waals surface area contributed by atoms with E-state index in [4.69, 9.17) is 19.4 Å². The molecule has 7 heterocycles. The summed E-state index contributed by atoms with van der Waals surface area (Å²) >= 11 is 1.41. The van der Waals surface area contributed by atoms with Crippen molar-refractivity contribution in [3.8, 4) is 22.5 Å². The third-order valence-electron chi connectivity index (χ3n) is 14.7. The lowest BCUT2D eigenvalue weighted by Gasteiger charge is -2.36. The van der Waals surface area contributed by atoms with Crippen LogP contribution in [0.2, 0.25) is 0 Å². The first kappa shape index (κ1) is 51.6. The van der Waals surface area contributed by atoms with E-state index in [0.29, 0.717) is 50.3 Å². The number of aromatic nitrogens is 3. The van der Waals surface area contributed by atoms with Gasteiger partial charge in [-0.15, -0.1) is 11.3 Å². The number of cyclic esters (lactones) is 1. The zero-order chi connectivity index (χ0) is 50.9. The zero-order valence-corrected chi connectivity index (χ0v) is 43.7. The molecule has 6 bridgehead atoms. The summed E-state index contributed by atoms with van der Waals surface area (Å²) < 4.78 is 14.5. The van der Waals surface area contributed by atoms with E-state index >= 15 is 0 Å². The molecule has 5 atom stereocenters. The number of aryl methyl sites for hydroxylation is 1. The van der Waals surface area contributed by atoms with Crippen LogP contribution in [0.3, 0.4) is 0 Å². The molecule has 17 heteroatoms. The summed E-state index contributed by atoms with van der Waals surface area (Å²) in [6.45, 7) is 19.3. The van der Waals surface area contributed by atoms with Gasteiger partial charge in [-0.3, -0.25) is 34.0 Å². The number of likely N-dealkylation sites (N-methyl/N-ethyl adjacent to an activating group) is 2. The van der Waals surface area contributed by atoms with E-state index in [1.54, 1.807) is 19.1 Å². The van der Waals surface area contributed by atoms with E-state index in [-0.39, 0.29) is 43.4 Å². The number of nitrogens with zero attached hydrogens (tertiary/aromatic N) is 7. The number of rotatable bonds is 11. The number of carbonyl (C=O) groups excluding carboxylic acids is 5. The van der Waals surface area contributed by atoms with Crippen molar-refractivity contribution in [3.63, 3.8) is 0 Å². The fourth-order valence-corrected chi connectivity index (χ4v) is 11.6. The van der Waals surface area contributed by atoms with Crippen LogP contribution < -0.4 is 10.7 Å². The smallest absolute Gasteiger partial charge is 0.324 e. The lowest BCUT2D eigenvalue weighted by atomic mass is 9.84. The van der Waals surface area contributed by atoms with Crippen LogP contribution in [0, 0.1) is 17.3 Å². The Morgan fingerprint density at radius 2 is 1.90 bits per heavy atom. The van der Waals surface area contributed by atoms with Gasteiger partial charge in [0.15, 0.2) is 0 Å². The molecule has 4 aliphatic heterocycles. The van der Waals surface area contributed by atoms with Gasteiger partial charge in [-0.25, -0.2) is 10.4 Å². The molecule has 16 nitrogen and oxygen atoms in total. The Kier molecular flexibility index (Phi) is 15.7. The van der Waals surface area contributed by atoms with Crippen molar-refractivity contribution in [2.24, 2.45) is 17.3 Å². The summed E-state index contributed by atoms with van der Waals surface area (Å²) in [6, 6.07) is 5.91. The number of hydrazine groups is 1. The van der Waals surface area contributed by atoms with E-state index in [2.05, 4.69) is 84.9 Å². The summed E-state index contributed by atoms with van der Waals surface area (Å²) in [4.78, 5) is 85.2. The van der Waals surface area contributed by atoms with Gasteiger partial charge in [-0.05, 0) is 99.9 Å². The maximum absolute atomic E-state index is 14.7. The molecule has 0 spiro atoms. The summed E-state index contributed by atoms with van der Waals surface area (Å²) in [7, 11) is 5.45. The van der Waals surface area contributed by atoms with Crippen LogP contribution >= 0.6 is 11.3 Å². The van der Waals surface area contributed by atoms with Crippen molar-refractivity contribution in [3.05, 3.63) is 76.4 Å². The number of methoxy groups -OCH3 is 1. The van der Waals surface area contributed by atoms with Gasteiger partial charge in [0.2, 0.25) is 17.7 Å². The fourth-order valence-electron chi connectivity index (χ4n) is 10.7. The van der Waals surface area contributed by atoms with Crippen LogP contribution in [-0.4, -0.2) is 143 Å². The summed E-state index contributed by atoms with van der Waals surface area (Å²) in [6.07, 6.45) is 8.25. The van der Waals surface area contributed by atoms with Crippen LogP contribution in [0.4, 0.5) is 0 Å². The topological polar surface area (TPSA) is 172 Å². The van der Waals surface area contributed by atoms with E-state index in [9.17, 15) is 24.0 Å². The first-order valence-corrected chi connectivity index (χ1v) is 26.0. The molecule has 3 aromatic heterocycles. The largest absolute Gasteiger partial charge is 0.464 e. The number of likely N-dealkylation sites (tertiary alicyclic amines) is 1. The average Bonchev–Trinajstić information content (AvgIpc) is 4.12. The molecule has 2 N–H and O–H groups in total. The van der Waals surface area contributed by atoms with Gasteiger partial charge in [-0.1, -0.05) is 46.4 Å². The molecule has 4 aromatic rings. The molecule has 1 unspecified atom stereocenters. The van der Waals surface area contributed by atoms with Gasteiger partial charge < -0.3 is 34.1 Å². The standard InChI is InChI=1S/C54H71N9O7S/c1-11-46(64)61-23-19-36(29-61)51(66)60(9)48(32(3)4)50(65)57-42-26-45-56-43(30-71-45)35-15-16-44-38(24-35)40(27-54(6,7)31-70-53(68)41-14-13-20-63(58-41)52(42)67)49(62(44)12-2)39-25-37(28-55-47(39)33(5)69-10)34-17-21-59(8)22-18-34/h11,15-17,24-25,28,30,32-33,36,41-42,48,58H,1,12-14,18-23,26-27,29,31H2,2-10H3,(H,57,65)/t33-,36?,41-,42-,48-/m0/s1. The van der Waals surface area contributed by atoms with E-state index < -0.39 is 47.2 Å². The van der Waals surface area contributed by atoms with Gasteiger partial charge in [0.1, 0.15) is 18.1 Å². The van der Waals surface area contributed by atoms with E-state index in [1.807, 2.05) is 32.3 Å². The lowest BCUT2D eigenvalue weighted by molar-refractivity contribution is -0.155. The highest BCUT2D eigenvalue weighted by Gasteiger charge is 2.40. The van der Waals surface area contributed by atoms with Crippen molar-refractivity contribution in [2.45, 2.75) is 111 Å². The van der Waals surface area contributed by atoms with Crippen molar-refractivity contribution >= 4 is 57.4 Å². The van der Waals surface area contributed by atoms with Crippen molar-refractivity contribution < 1.29 is 33.4 Å². The van der Waals surface area contributed by atoms with Crippen molar-refractivity contribution in [1.82, 2.24) is 45.0 Å². The Bertz CT molecular complexity index is 2720. The number of nitrogens with one attached hydrogen (secondary N) is 2.